The van der Waals surface area contributed by atoms with Crippen molar-refractivity contribution in [1.29, 1.82) is 0 Å². The van der Waals surface area contributed by atoms with Crippen molar-refractivity contribution in [3.8, 4) is 0 Å². The topological polar surface area (TPSA) is 96.5 Å². The van der Waals surface area contributed by atoms with Crippen LogP contribution in [0, 0.1) is 0 Å². The van der Waals surface area contributed by atoms with Gasteiger partial charge in [-0.05, 0) is 25.3 Å². The summed E-state index contributed by atoms with van der Waals surface area (Å²) in [5, 5.41) is 8.12. The third-order valence-electron chi connectivity index (χ3n) is 3.93. The van der Waals surface area contributed by atoms with Crippen molar-refractivity contribution in [2.24, 2.45) is 0 Å². The highest BCUT2D eigenvalue weighted by atomic mass is 16.5. The Kier molecular flexibility index (Phi) is 7.67. The Bertz CT molecular complexity index is 645. The Labute approximate surface area is 153 Å². The number of esters is 1. The second-order valence-corrected chi connectivity index (χ2v) is 5.96. The molecule has 3 amide bonds. The molecule has 1 aliphatic rings. The standard InChI is InChI=1S/C19H25N3O4/c1-2-20-19(25)22-15-11-7-4-8-12-17(23)21-16(13-26-18(15)24)14-9-5-3-6-10-14/h3-7,9-10,15-16H,2,8,11-13H2,1H3,(H,21,23)(H2,20,22,25)/b7-4-/t15-,16+/m1/s1. The molecule has 0 fully saturated rings. The summed E-state index contributed by atoms with van der Waals surface area (Å²) in [7, 11) is 0. The number of hydrogen-bond donors (Lipinski definition) is 3. The van der Waals surface area contributed by atoms with E-state index in [9.17, 15) is 14.4 Å². The first-order valence-electron chi connectivity index (χ1n) is 8.80. The molecule has 0 unspecified atom stereocenters. The van der Waals surface area contributed by atoms with Gasteiger partial charge in [0.2, 0.25) is 5.91 Å². The summed E-state index contributed by atoms with van der Waals surface area (Å²) in [4.78, 5) is 36.3. The average Bonchev–Trinajstić information content (AvgIpc) is 2.63. The number of cyclic esters (lactones) is 1. The lowest BCUT2D eigenvalue weighted by molar-refractivity contribution is -0.147. The third-order valence-corrected chi connectivity index (χ3v) is 3.93. The average molecular weight is 359 g/mol. The number of rotatable bonds is 3. The quantitative estimate of drug-likeness (QED) is 0.566. The van der Waals surface area contributed by atoms with Crippen molar-refractivity contribution in [2.45, 2.75) is 38.3 Å². The first kappa shape index (κ1) is 19.5. The van der Waals surface area contributed by atoms with Crippen LogP contribution in [0.25, 0.3) is 0 Å². The van der Waals surface area contributed by atoms with Crippen molar-refractivity contribution >= 4 is 17.9 Å². The SMILES string of the molecule is CCNC(=O)N[C@@H]1C/C=C\CCC(=O)N[C@H](c2ccccc2)COC1=O. The highest BCUT2D eigenvalue weighted by Crippen LogP contribution is 2.15. The lowest BCUT2D eigenvalue weighted by Gasteiger charge is -2.22. The van der Waals surface area contributed by atoms with Crippen molar-refractivity contribution in [2.75, 3.05) is 13.2 Å². The Balaban J connectivity index is 2.12. The molecule has 2 atom stereocenters. The zero-order valence-corrected chi connectivity index (χ0v) is 14.9. The summed E-state index contributed by atoms with van der Waals surface area (Å²) in [5.41, 5.74) is 0.856. The molecule has 0 bridgehead atoms. The van der Waals surface area contributed by atoms with Crippen molar-refractivity contribution in [3.05, 3.63) is 48.0 Å². The van der Waals surface area contributed by atoms with Gasteiger partial charge in [-0.3, -0.25) is 4.79 Å². The van der Waals surface area contributed by atoms with Gasteiger partial charge in [-0.2, -0.15) is 0 Å². The van der Waals surface area contributed by atoms with Gasteiger partial charge in [0, 0.05) is 13.0 Å². The smallest absolute Gasteiger partial charge is 0.329 e. The van der Waals surface area contributed by atoms with Crippen LogP contribution in [-0.2, 0) is 14.3 Å². The number of urea groups is 1. The van der Waals surface area contributed by atoms with E-state index in [1.807, 2.05) is 36.4 Å². The van der Waals surface area contributed by atoms with Crippen LogP contribution in [0.2, 0.25) is 0 Å². The van der Waals surface area contributed by atoms with Gasteiger partial charge in [0.05, 0.1) is 6.04 Å². The maximum atomic E-state index is 12.4. The summed E-state index contributed by atoms with van der Waals surface area (Å²) in [6.45, 7) is 2.27. The summed E-state index contributed by atoms with van der Waals surface area (Å²) < 4.78 is 5.39. The molecule has 0 aliphatic carbocycles. The molecule has 1 aliphatic heterocycles. The van der Waals surface area contributed by atoms with Crippen LogP contribution < -0.4 is 16.0 Å². The van der Waals surface area contributed by atoms with E-state index in [2.05, 4.69) is 16.0 Å². The molecule has 0 saturated heterocycles. The zero-order valence-electron chi connectivity index (χ0n) is 14.9. The summed E-state index contributed by atoms with van der Waals surface area (Å²) in [6, 6.07) is 7.73. The predicted molar refractivity (Wildman–Crippen MR) is 97.3 cm³/mol. The number of allylic oxidation sites excluding steroid dienone is 1. The van der Waals surface area contributed by atoms with E-state index in [1.54, 1.807) is 13.0 Å². The summed E-state index contributed by atoms with van der Waals surface area (Å²) in [6.07, 6.45) is 4.84. The minimum atomic E-state index is -0.774. The largest absolute Gasteiger partial charge is 0.462 e. The number of nitrogens with one attached hydrogen (secondary N) is 3. The Morgan fingerprint density at radius 1 is 1.23 bits per heavy atom. The first-order valence-corrected chi connectivity index (χ1v) is 8.80. The fourth-order valence-corrected chi connectivity index (χ4v) is 2.59. The van der Waals surface area contributed by atoms with E-state index >= 15 is 0 Å². The minimum Gasteiger partial charge on any atom is -0.462 e. The van der Waals surface area contributed by atoms with Gasteiger partial charge in [0.25, 0.3) is 0 Å². The molecule has 0 radical (unpaired) electrons. The van der Waals surface area contributed by atoms with Crippen LogP contribution in [0.5, 0.6) is 0 Å². The molecule has 3 N–H and O–H groups in total. The Morgan fingerprint density at radius 3 is 2.73 bits per heavy atom. The maximum absolute atomic E-state index is 12.4. The number of carbonyl (C=O) groups excluding carboxylic acids is 3. The molecule has 0 aromatic heterocycles. The molecular formula is C19H25N3O4. The maximum Gasteiger partial charge on any atom is 0.329 e. The molecule has 7 nitrogen and oxygen atoms in total. The van der Waals surface area contributed by atoms with Gasteiger partial charge in [-0.15, -0.1) is 0 Å². The number of amides is 3. The van der Waals surface area contributed by atoms with Crippen molar-refractivity contribution < 1.29 is 19.1 Å². The van der Waals surface area contributed by atoms with Crippen LogP contribution in [-0.4, -0.2) is 37.1 Å². The van der Waals surface area contributed by atoms with Gasteiger partial charge in [-0.25, -0.2) is 9.59 Å². The minimum absolute atomic E-state index is 0.00583. The molecule has 7 heteroatoms. The van der Waals surface area contributed by atoms with Crippen LogP contribution >= 0.6 is 0 Å². The molecule has 140 valence electrons. The van der Waals surface area contributed by atoms with Gasteiger partial charge in [0.1, 0.15) is 12.6 Å². The molecule has 26 heavy (non-hydrogen) atoms. The van der Waals surface area contributed by atoms with E-state index in [0.29, 0.717) is 25.8 Å². The molecule has 1 aromatic carbocycles. The Hall–Kier alpha value is -2.83. The second kappa shape index (κ2) is 10.2. The van der Waals surface area contributed by atoms with E-state index in [0.717, 1.165) is 5.56 Å². The molecule has 1 heterocycles. The summed E-state index contributed by atoms with van der Waals surface area (Å²) in [5.74, 6) is -0.631. The van der Waals surface area contributed by atoms with E-state index < -0.39 is 24.1 Å². The van der Waals surface area contributed by atoms with Crippen LogP contribution in [0.15, 0.2) is 42.5 Å². The molecule has 2 rings (SSSR count). The number of benzene rings is 1. The highest BCUT2D eigenvalue weighted by Gasteiger charge is 2.24. The van der Waals surface area contributed by atoms with Gasteiger partial charge in [0.15, 0.2) is 0 Å². The zero-order chi connectivity index (χ0) is 18.8. The van der Waals surface area contributed by atoms with Crippen LogP contribution in [0.1, 0.15) is 37.8 Å². The number of hydrogen-bond acceptors (Lipinski definition) is 4. The normalized spacial score (nSPS) is 22.8. The van der Waals surface area contributed by atoms with Crippen LogP contribution in [0.4, 0.5) is 4.79 Å². The van der Waals surface area contributed by atoms with Gasteiger partial charge >= 0.3 is 12.0 Å². The summed E-state index contributed by atoms with van der Waals surface area (Å²) >= 11 is 0. The van der Waals surface area contributed by atoms with Gasteiger partial charge < -0.3 is 20.7 Å². The first-order chi connectivity index (χ1) is 12.6. The van der Waals surface area contributed by atoms with Gasteiger partial charge in [-0.1, -0.05) is 42.5 Å². The number of carbonyl (C=O) groups is 3. The monoisotopic (exact) mass is 359 g/mol. The molecule has 0 spiro atoms. The van der Waals surface area contributed by atoms with Crippen molar-refractivity contribution in [1.82, 2.24) is 16.0 Å². The molecular weight excluding hydrogens is 334 g/mol. The fourth-order valence-electron chi connectivity index (χ4n) is 2.59. The molecule has 1 aromatic rings. The Morgan fingerprint density at radius 2 is 2.00 bits per heavy atom. The lowest BCUT2D eigenvalue weighted by Crippen LogP contribution is -2.47. The number of ether oxygens (including phenoxy) is 1. The third kappa shape index (κ3) is 6.23. The lowest BCUT2D eigenvalue weighted by atomic mass is 10.1. The highest BCUT2D eigenvalue weighted by molar-refractivity contribution is 5.83. The van der Waals surface area contributed by atoms with E-state index in [4.69, 9.17) is 4.74 Å². The van der Waals surface area contributed by atoms with Crippen LogP contribution in [0.3, 0.4) is 0 Å². The predicted octanol–water partition coefficient (Wildman–Crippen LogP) is 1.81. The fraction of sp³-hybridized carbons (Fsp3) is 0.421. The van der Waals surface area contributed by atoms with E-state index in [-0.39, 0.29) is 12.5 Å². The molecule has 0 saturated carbocycles. The second-order valence-electron chi connectivity index (χ2n) is 5.96. The van der Waals surface area contributed by atoms with E-state index in [1.165, 1.54) is 0 Å². The van der Waals surface area contributed by atoms with Crippen molar-refractivity contribution in [3.63, 3.8) is 0 Å².